The minimum atomic E-state index is -3.86. The maximum absolute atomic E-state index is 12.6. The molecule has 7 nitrogen and oxygen atoms in total. The van der Waals surface area contributed by atoms with Crippen molar-refractivity contribution in [2.24, 2.45) is 0 Å². The summed E-state index contributed by atoms with van der Waals surface area (Å²) < 4.78 is 32.8. The summed E-state index contributed by atoms with van der Waals surface area (Å²) in [4.78, 5) is 16.5. The van der Waals surface area contributed by atoms with Gasteiger partial charge >= 0.3 is 0 Å². The van der Waals surface area contributed by atoms with Gasteiger partial charge in [0.25, 0.3) is 15.9 Å². The van der Waals surface area contributed by atoms with Gasteiger partial charge in [-0.2, -0.15) is 0 Å². The molecule has 27 heavy (non-hydrogen) atoms. The van der Waals surface area contributed by atoms with Crippen LogP contribution in [0, 0.1) is 0 Å². The van der Waals surface area contributed by atoms with Crippen LogP contribution in [0.3, 0.4) is 0 Å². The minimum absolute atomic E-state index is 0.0626. The number of carbonyl (C=O) groups excluding carboxylic acids is 1. The highest BCUT2D eigenvalue weighted by molar-refractivity contribution is 7.92. The van der Waals surface area contributed by atoms with E-state index in [0.717, 1.165) is 0 Å². The van der Waals surface area contributed by atoms with Gasteiger partial charge in [0.1, 0.15) is 5.75 Å². The molecular formula is C19H17N3O4S. The van der Waals surface area contributed by atoms with Gasteiger partial charge in [-0.25, -0.2) is 8.42 Å². The molecule has 0 radical (unpaired) electrons. The van der Waals surface area contributed by atoms with Crippen LogP contribution in [0.25, 0.3) is 0 Å². The third-order valence-electron chi connectivity index (χ3n) is 3.72. The lowest BCUT2D eigenvalue weighted by molar-refractivity contribution is 0.102. The van der Waals surface area contributed by atoms with Crippen LogP contribution in [0.1, 0.15) is 10.4 Å². The molecule has 1 heterocycles. The Labute approximate surface area is 157 Å². The zero-order chi connectivity index (χ0) is 19.3. The highest BCUT2D eigenvalue weighted by Gasteiger charge is 2.18. The van der Waals surface area contributed by atoms with Gasteiger partial charge in [0.05, 0.1) is 23.3 Å². The van der Waals surface area contributed by atoms with Gasteiger partial charge in [-0.05, 0) is 48.5 Å². The number of para-hydroxylation sites is 1. The van der Waals surface area contributed by atoms with Gasteiger partial charge in [-0.3, -0.25) is 14.5 Å². The number of nitrogens with zero attached hydrogens (tertiary/aromatic N) is 1. The molecule has 0 spiro atoms. The Morgan fingerprint density at radius 3 is 2.30 bits per heavy atom. The van der Waals surface area contributed by atoms with Crippen molar-refractivity contribution in [3.05, 3.63) is 78.6 Å². The summed E-state index contributed by atoms with van der Waals surface area (Å²) in [5.74, 6) is 0.111. The van der Waals surface area contributed by atoms with E-state index in [0.29, 0.717) is 11.4 Å². The maximum atomic E-state index is 12.6. The van der Waals surface area contributed by atoms with Crippen LogP contribution < -0.4 is 14.8 Å². The predicted octanol–water partition coefficient (Wildman–Crippen LogP) is 3.14. The minimum Gasteiger partial charge on any atom is -0.497 e. The molecule has 1 aromatic heterocycles. The lowest BCUT2D eigenvalue weighted by Gasteiger charge is -2.13. The Hall–Kier alpha value is -3.39. The molecule has 0 unspecified atom stereocenters. The second-order valence-corrected chi connectivity index (χ2v) is 7.20. The summed E-state index contributed by atoms with van der Waals surface area (Å²) in [5, 5.41) is 2.71. The summed E-state index contributed by atoms with van der Waals surface area (Å²) in [6, 6.07) is 15.6. The molecule has 2 N–H and O–H groups in total. The monoisotopic (exact) mass is 383 g/mol. The number of benzene rings is 2. The van der Waals surface area contributed by atoms with Gasteiger partial charge in [-0.15, -0.1) is 0 Å². The number of amides is 1. The first-order valence-electron chi connectivity index (χ1n) is 7.97. The van der Waals surface area contributed by atoms with Crippen LogP contribution in [0.2, 0.25) is 0 Å². The molecule has 2 aromatic carbocycles. The SMILES string of the molecule is COc1ccc(S(=O)(=O)Nc2ccccc2C(=O)Nc2ccncc2)cc1. The Morgan fingerprint density at radius 1 is 0.963 bits per heavy atom. The largest absolute Gasteiger partial charge is 0.497 e. The third-order valence-corrected chi connectivity index (χ3v) is 5.11. The fourth-order valence-corrected chi connectivity index (χ4v) is 3.44. The molecule has 0 aliphatic rings. The number of ether oxygens (including phenoxy) is 1. The summed E-state index contributed by atoms with van der Waals surface area (Å²) in [5.41, 5.74) is 0.939. The summed E-state index contributed by atoms with van der Waals surface area (Å²) in [6.45, 7) is 0. The number of anilines is 2. The molecule has 0 aliphatic carbocycles. The lowest BCUT2D eigenvalue weighted by Crippen LogP contribution is -2.18. The van der Waals surface area contributed by atoms with Crippen LogP contribution in [-0.2, 0) is 10.0 Å². The van der Waals surface area contributed by atoms with Crippen molar-refractivity contribution in [2.75, 3.05) is 17.1 Å². The van der Waals surface area contributed by atoms with E-state index in [-0.39, 0.29) is 16.1 Å². The summed E-state index contributed by atoms with van der Waals surface area (Å²) in [7, 11) is -2.36. The van der Waals surface area contributed by atoms with E-state index in [1.54, 1.807) is 54.9 Å². The predicted molar refractivity (Wildman–Crippen MR) is 102 cm³/mol. The van der Waals surface area contributed by atoms with Crippen LogP contribution in [0.4, 0.5) is 11.4 Å². The number of hydrogen-bond donors (Lipinski definition) is 2. The number of rotatable bonds is 6. The molecule has 0 atom stereocenters. The van der Waals surface area contributed by atoms with Gasteiger partial charge in [0.2, 0.25) is 0 Å². The number of aromatic nitrogens is 1. The average Bonchev–Trinajstić information content (AvgIpc) is 2.69. The topological polar surface area (TPSA) is 97.4 Å². The second kappa shape index (κ2) is 7.88. The van der Waals surface area contributed by atoms with Crippen molar-refractivity contribution < 1.29 is 17.9 Å². The fourth-order valence-electron chi connectivity index (χ4n) is 2.36. The molecule has 138 valence electrons. The Balaban J connectivity index is 1.85. The summed E-state index contributed by atoms with van der Waals surface area (Å²) in [6.07, 6.45) is 3.10. The van der Waals surface area contributed by atoms with E-state index in [4.69, 9.17) is 4.74 Å². The van der Waals surface area contributed by atoms with E-state index in [2.05, 4.69) is 15.0 Å². The third kappa shape index (κ3) is 4.42. The number of carbonyl (C=O) groups is 1. The molecule has 0 saturated heterocycles. The van der Waals surface area contributed by atoms with Crippen molar-refractivity contribution in [3.63, 3.8) is 0 Å². The number of sulfonamides is 1. The molecule has 8 heteroatoms. The first-order valence-corrected chi connectivity index (χ1v) is 9.45. The van der Waals surface area contributed by atoms with E-state index in [9.17, 15) is 13.2 Å². The van der Waals surface area contributed by atoms with Crippen LogP contribution in [-0.4, -0.2) is 26.4 Å². The van der Waals surface area contributed by atoms with Crippen molar-refractivity contribution in [2.45, 2.75) is 4.90 Å². The highest BCUT2D eigenvalue weighted by Crippen LogP contribution is 2.22. The quantitative estimate of drug-likeness (QED) is 0.681. The number of pyridine rings is 1. The zero-order valence-electron chi connectivity index (χ0n) is 14.4. The van der Waals surface area contributed by atoms with E-state index in [1.807, 2.05) is 0 Å². The lowest BCUT2D eigenvalue weighted by atomic mass is 10.1. The number of hydrogen-bond acceptors (Lipinski definition) is 5. The van der Waals surface area contributed by atoms with Crippen LogP contribution in [0.5, 0.6) is 5.75 Å². The second-order valence-electron chi connectivity index (χ2n) is 5.52. The smallest absolute Gasteiger partial charge is 0.261 e. The van der Waals surface area contributed by atoms with Crippen molar-refractivity contribution >= 4 is 27.3 Å². The maximum Gasteiger partial charge on any atom is 0.261 e. The average molecular weight is 383 g/mol. The molecule has 0 aliphatic heterocycles. The van der Waals surface area contributed by atoms with Gasteiger partial charge in [0.15, 0.2) is 0 Å². The van der Waals surface area contributed by atoms with Crippen LogP contribution in [0.15, 0.2) is 78.0 Å². The first-order chi connectivity index (χ1) is 13.0. The van der Waals surface area contributed by atoms with Gasteiger partial charge in [-0.1, -0.05) is 12.1 Å². The molecule has 1 amide bonds. The molecular weight excluding hydrogens is 366 g/mol. The molecule has 0 fully saturated rings. The standard InChI is InChI=1S/C19H17N3O4S/c1-26-15-6-8-16(9-7-15)27(24,25)22-18-5-3-2-4-17(18)19(23)21-14-10-12-20-13-11-14/h2-13,22H,1H3,(H,20,21,23). The van der Waals surface area contributed by atoms with E-state index in [1.165, 1.54) is 25.3 Å². The number of methoxy groups -OCH3 is 1. The fraction of sp³-hybridized carbons (Fsp3) is 0.0526. The molecule has 3 rings (SSSR count). The van der Waals surface area contributed by atoms with Crippen molar-refractivity contribution in [1.29, 1.82) is 0 Å². The Morgan fingerprint density at radius 2 is 1.63 bits per heavy atom. The van der Waals surface area contributed by atoms with Crippen LogP contribution >= 0.6 is 0 Å². The highest BCUT2D eigenvalue weighted by atomic mass is 32.2. The number of nitrogens with one attached hydrogen (secondary N) is 2. The van der Waals surface area contributed by atoms with Gasteiger partial charge < -0.3 is 10.1 Å². The Bertz CT molecular complexity index is 1040. The van der Waals surface area contributed by atoms with Gasteiger partial charge in [0, 0.05) is 18.1 Å². The molecule has 0 bridgehead atoms. The normalized spacial score (nSPS) is 10.9. The molecule has 0 saturated carbocycles. The Kier molecular flexibility index (Phi) is 5.37. The zero-order valence-corrected chi connectivity index (χ0v) is 15.2. The van der Waals surface area contributed by atoms with Crippen molar-refractivity contribution in [1.82, 2.24) is 4.98 Å². The first kappa shape index (κ1) is 18.4. The summed E-state index contributed by atoms with van der Waals surface area (Å²) >= 11 is 0. The molecule has 3 aromatic rings. The van der Waals surface area contributed by atoms with E-state index >= 15 is 0 Å². The van der Waals surface area contributed by atoms with Crippen molar-refractivity contribution in [3.8, 4) is 5.75 Å². The van der Waals surface area contributed by atoms with E-state index < -0.39 is 15.9 Å².